The normalized spacial score (nSPS) is 24.1. The van der Waals surface area contributed by atoms with Crippen LogP contribution in [0.1, 0.15) is 42.6 Å². The first-order chi connectivity index (χ1) is 15.1. The van der Waals surface area contributed by atoms with Gasteiger partial charge in [0.2, 0.25) is 13.8 Å². The molecule has 170 valence electrons. The van der Waals surface area contributed by atoms with Gasteiger partial charge in [-0.2, -0.15) is 13.2 Å². The summed E-state index contributed by atoms with van der Waals surface area (Å²) in [7, 11) is 7.13. The predicted octanol–water partition coefficient (Wildman–Crippen LogP) is 3.73. The van der Waals surface area contributed by atoms with Gasteiger partial charge < -0.3 is 19.8 Å². The number of aliphatic hydroxyl groups excluding tert-OH is 1. The number of thioether (sulfide) groups is 1. The fourth-order valence-electron chi connectivity index (χ4n) is 4.50. The first-order valence-corrected chi connectivity index (χ1v) is 11.4. The van der Waals surface area contributed by atoms with Gasteiger partial charge in [0, 0.05) is 31.6 Å². The highest BCUT2D eigenvalue weighted by Crippen LogP contribution is 2.64. The molecule has 11 heteroatoms. The Bertz CT molecular complexity index is 1010. The van der Waals surface area contributed by atoms with Gasteiger partial charge in [0.25, 0.3) is 0 Å². The zero-order valence-corrected chi connectivity index (χ0v) is 18.8. The third kappa shape index (κ3) is 4.50. The standard InChI is InChI=1S/C21H25BF3N5OS/c1-13(26-22)17(31)18-27-28-19(29(18)2)32-10-9-30-8-7-20(12-30)11-16(20)14-3-5-15(6-4-14)21(23,24)25/h3-6,16,26,31H,7-12H2,1-2H3/b17-13-/t16-,20+/m1/s1. The molecule has 2 N–H and O–H groups in total. The fraction of sp³-hybridized carbons (Fsp3) is 0.524. The molecule has 1 spiro atoms. The van der Waals surface area contributed by atoms with E-state index in [9.17, 15) is 18.3 Å². The molecule has 2 aliphatic rings. The monoisotopic (exact) mass is 463 g/mol. The molecule has 32 heavy (non-hydrogen) atoms. The van der Waals surface area contributed by atoms with Crippen LogP contribution in [0.4, 0.5) is 13.2 Å². The van der Waals surface area contributed by atoms with Crippen molar-refractivity contribution in [2.24, 2.45) is 12.5 Å². The summed E-state index contributed by atoms with van der Waals surface area (Å²) in [5, 5.41) is 21.5. The van der Waals surface area contributed by atoms with E-state index in [2.05, 4.69) is 20.3 Å². The number of alkyl halides is 3. The van der Waals surface area contributed by atoms with Gasteiger partial charge in [-0.15, -0.1) is 10.2 Å². The zero-order valence-electron chi connectivity index (χ0n) is 18.0. The lowest BCUT2D eigenvalue weighted by Gasteiger charge is -2.16. The van der Waals surface area contributed by atoms with Crippen molar-refractivity contribution < 1.29 is 18.3 Å². The Morgan fingerprint density at radius 1 is 1.31 bits per heavy atom. The van der Waals surface area contributed by atoms with Crippen molar-refractivity contribution in [1.82, 2.24) is 24.9 Å². The molecule has 6 nitrogen and oxygen atoms in total. The molecule has 2 heterocycles. The van der Waals surface area contributed by atoms with Crippen LogP contribution in [0.15, 0.2) is 35.1 Å². The maximum Gasteiger partial charge on any atom is 0.416 e. The van der Waals surface area contributed by atoms with Gasteiger partial charge in [0.05, 0.1) is 5.56 Å². The van der Waals surface area contributed by atoms with Crippen LogP contribution in [-0.4, -0.2) is 58.1 Å². The molecule has 1 aromatic heterocycles. The summed E-state index contributed by atoms with van der Waals surface area (Å²) in [6.45, 7) is 4.50. The molecule has 2 aromatic rings. The average Bonchev–Trinajstić information content (AvgIpc) is 3.11. The zero-order chi connectivity index (χ0) is 23.1. The van der Waals surface area contributed by atoms with Gasteiger partial charge in [0.1, 0.15) is 0 Å². The highest BCUT2D eigenvalue weighted by atomic mass is 32.2. The quantitative estimate of drug-likeness (QED) is 0.371. The number of aromatic nitrogens is 3. The van der Waals surface area contributed by atoms with Crippen LogP contribution in [0, 0.1) is 5.41 Å². The van der Waals surface area contributed by atoms with E-state index in [1.165, 1.54) is 12.1 Å². The SMILES string of the molecule is [B]N/C(C)=C(\O)c1nnc(SCCN2CC[C@]3(C[C@@H]3c3ccc(C(F)(F)F)cc3)C2)n1C. The number of allylic oxidation sites excluding steroid dienone is 1. The number of hydrogen-bond donors (Lipinski definition) is 2. The Hall–Kier alpha value is -2.14. The number of benzene rings is 1. The largest absolute Gasteiger partial charge is 0.503 e. The van der Waals surface area contributed by atoms with Crippen LogP contribution >= 0.6 is 11.8 Å². The van der Waals surface area contributed by atoms with Gasteiger partial charge in [-0.25, -0.2) is 0 Å². The molecular weight excluding hydrogens is 438 g/mol. The van der Waals surface area contributed by atoms with E-state index in [0.717, 1.165) is 43.8 Å². The maximum atomic E-state index is 12.8. The number of aliphatic hydroxyl groups is 1. The first kappa shape index (κ1) is 23.0. The van der Waals surface area contributed by atoms with Gasteiger partial charge in [-0.1, -0.05) is 23.9 Å². The molecular formula is C21H25BF3N5OS. The van der Waals surface area contributed by atoms with E-state index in [-0.39, 0.29) is 11.2 Å². The summed E-state index contributed by atoms with van der Waals surface area (Å²) in [5.74, 6) is 1.48. The van der Waals surface area contributed by atoms with Crippen molar-refractivity contribution in [3.8, 4) is 0 Å². The fourth-order valence-corrected chi connectivity index (χ4v) is 5.41. The van der Waals surface area contributed by atoms with E-state index in [4.69, 9.17) is 7.98 Å². The average molecular weight is 463 g/mol. The van der Waals surface area contributed by atoms with Crippen LogP contribution in [-0.2, 0) is 13.2 Å². The number of nitrogens with one attached hydrogen (secondary N) is 1. The van der Waals surface area contributed by atoms with Crippen LogP contribution in [0.5, 0.6) is 0 Å². The van der Waals surface area contributed by atoms with E-state index in [1.54, 1.807) is 42.4 Å². The summed E-state index contributed by atoms with van der Waals surface area (Å²) in [5.41, 5.74) is 1.03. The van der Waals surface area contributed by atoms with Gasteiger partial charge in [-0.3, -0.25) is 0 Å². The number of likely N-dealkylation sites (tertiary alicyclic amines) is 1. The van der Waals surface area contributed by atoms with Crippen molar-refractivity contribution in [3.05, 3.63) is 46.9 Å². The minimum Gasteiger partial charge on any atom is -0.503 e. The summed E-state index contributed by atoms with van der Waals surface area (Å²) in [6, 6.07) is 5.66. The Kier molecular flexibility index (Phi) is 6.24. The minimum absolute atomic E-state index is 0.0427. The molecule has 1 saturated carbocycles. The lowest BCUT2D eigenvalue weighted by molar-refractivity contribution is -0.137. The molecule has 2 atom stereocenters. The van der Waals surface area contributed by atoms with Gasteiger partial charge in [0.15, 0.2) is 10.9 Å². The van der Waals surface area contributed by atoms with Crippen molar-refractivity contribution in [3.63, 3.8) is 0 Å². The molecule has 1 aliphatic heterocycles. The third-order valence-electron chi connectivity index (χ3n) is 6.55. The second-order valence-electron chi connectivity index (χ2n) is 8.60. The molecule has 2 radical (unpaired) electrons. The number of halogens is 3. The smallest absolute Gasteiger partial charge is 0.416 e. The topological polar surface area (TPSA) is 66.2 Å². The van der Waals surface area contributed by atoms with Crippen LogP contribution in [0.3, 0.4) is 0 Å². The highest BCUT2D eigenvalue weighted by molar-refractivity contribution is 7.99. The Morgan fingerprint density at radius 3 is 2.69 bits per heavy atom. The van der Waals surface area contributed by atoms with Gasteiger partial charge >= 0.3 is 6.18 Å². The van der Waals surface area contributed by atoms with Crippen LogP contribution in [0.25, 0.3) is 5.76 Å². The highest BCUT2D eigenvalue weighted by Gasteiger charge is 2.57. The van der Waals surface area contributed by atoms with Crippen molar-refractivity contribution >= 4 is 25.5 Å². The lowest BCUT2D eigenvalue weighted by Crippen LogP contribution is -2.24. The summed E-state index contributed by atoms with van der Waals surface area (Å²) in [4.78, 5) is 2.41. The van der Waals surface area contributed by atoms with E-state index < -0.39 is 11.7 Å². The molecule has 0 unspecified atom stereocenters. The molecule has 1 aliphatic carbocycles. The Balaban J connectivity index is 1.29. The minimum atomic E-state index is -4.29. The Morgan fingerprint density at radius 2 is 2.03 bits per heavy atom. The summed E-state index contributed by atoms with van der Waals surface area (Å²) >= 11 is 1.57. The van der Waals surface area contributed by atoms with Crippen LogP contribution in [0.2, 0.25) is 0 Å². The first-order valence-electron chi connectivity index (χ1n) is 10.4. The van der Waals surface area contributed by atoms with E-state index in [0.29, 0.717) is 22.6 Å². The summed E-state index contributed by atoms with van der Waals surface area (Å²) < 4.78 is 40.1. The van der Waals surface area contributed by atoms with E-state index >= 15 is 0 Å². The second-order valence-corrected chi connectivity index (χ2v) is 9.66. The molecule has 0 bridgehead atoms. The lowest BCUT2D eigenvalue weighted by atomic mass is 9.97. The van der Waals surface area contributed by atoms with Crippen LogP contribution < -0.4 is 5.23 Å². The molecule has 0 amide bonds. The molecule has 2 fully saturated rings. The Labute approximate surface area is 190 Å². The second kappa shape index (κ2) is 8.66. The number of nitrogens with zero attached hydrogens (tertiary/aromatic N) is 4. The molecule has 1 aromatic carbocycles. The number of hydrogen-bond acceptors (Lipinski definition) is 6. The van der Waals surface area contributed by atoms with Crippen molar-refractivity contribution in [2.75, 3.05) is 25.4 Å². The molecule has 4 rings (SSSR count). The predicted molar refractivity (Wildman–Crippen MR) is 118 cm³/mol. The van der Waals surface area contributed by atoms with Gasteiger partial charge in [-0.05, 0) is 55.3 Å². The number of rotatable bonds is 7. The van der Waals surface area contributed by atoms with Crippen molar-refractivity contribution in [1.29, 1.82) is 0 Å². The van der Waals surface area contributed by atoms with E-state index in [1.807, 2.05) is 0 Å². The summed E-state index contributed by atoms with van der Waals surface area (Å²) in [6.07, 6.45) is -2.18. The molecule has 1 saturated heterocycles. The van der Waals surface area contributed by atoms with Crippen molar-refractivity contribution in [2.45, 2.75) is 37.0 Å². The third-order valence-corrected chi connectivity index (χ3v) is 7.55. The maximum absolute atomic E-state index is 12.8.